The van der Waals surface area contributed by atoms with Gasteiger partial charge in [0.2, 0.25) is 0 Å². The maximum Gasteiger partial charge on any atom is 1.00 e. The van der Waals surface area contributed by atoms with Crippen molar-refractivity contribution in [3.63, 3.8) is 0 Å². The average molecular weight is 250 g/mol. The maximum absolute atomic E-state index is 10.1. The molecule has 0 spiro atoms. The second-order valence-corrected chi connectivity index (χ2v) is 3.25. The van der Waals surface area contributed by atoms with E-state index in [1.807, 2.05) is 0 Å². The topological polar surface area (TPSA) is 121 Å². The summed E-state index contributed by atoms with van der Waals surface area (Å²) in [6.45, 7) is 1.51. The second-order valence-electron chi connectivity index (χ2n) is 3.25. The Labute approximate surface area is 138 Å². The summed E-state index contributed by atoms with van der Waals surface area (Å²) in [6, 6.07) is 0. The molecule has 0 saturated carbocycles. The maximum atomic E-state index is 10.1. The van der Waals surface area contributed by atoms with Crippen LogP contribution in [0.4, 0.5) is 0 Å². The first-order chi connectivity index (χ1) is 6.34. The summed E-state index contributed by atoms with van der Waals surface area (Å²) in [5.41, 5.74) is 0. The molecule has 0 aliphatic rings. The summed E-state index contributed by atoms with van der Waals surface area (Å²) >= 11 is 0. The van der Waals surface area contributed by atoms with Gasteiger partial charge in [-0.05, 0) is 18.8 Å². The van der Waals surface area contributed by atoms with E-state index in [1.165, 1.54) is 6.92 Å². The van der Waals surface area contributed by atoms with E-state index < -0.39 is 30.1 Å². The summed E-state index contributed by atoms with van der Waals surface area (Å²) < 4.78 is 0. The number of carbonyl (C=O) groups is 2. The van der Waals surface area contributed by atoms with Gasteiger partial charge in [0.15, 0.2) is 0 Å². The zero-order valence-corrected chi connectivity index (χ0v) is 13.7. The Bertz CT molecular complexity index is 201. The largest absolute Gasteiger partial charge is 1.00 e. The molecular weight excluding hydrogens is 238 g/mol. The molecule has 6 nitrogen and oxygen atoms in total. The van der Waals surface area contributed by atoms with Crippen molar-refractivity contribution in [1.82, 2.24) is 0 Å². The van der Waals surface area contributed by atoms with E-state index in [9.17, 15) is 19.8 Å². The van der Waals surface area contributed by atoms with Crippen LogP contribution in [0.2, 0.25) is 0 Å². The first kappa shape index (κ1) is 22.1. The molecule has 0 aliphatic heterocycles. The quantitative estimate of drug-likeness (QED) is 0.451. The van der Waals surface area contributed by atoms with Gasteiger partial charge >= 0.3 is 59.1 Å². The fourth-order valence-electron chi connectivity index (χ4n) is 1.05. The molecule has 0 aromatic heterocycles. The number of hydrogen-bond acceptors (Lipinski definition) is 6. The number of carbonyl (C=O) groups excluding carboxylic acids is 2. The molecule has 0 saturated heterocycles. The third-order valence-electron chi connectivity index (χ3n) is 1.80. The third-order valence-corrected chi connectivity index (χ3v) is 1.80. The molecule has 0 amide bonds. The van der Waals surface area contributed by atoms with Crippen LogP contribution in [-0.4, -0.2) is 34.4 Å². The molecule has 0 radical (unpaired) electrons. The molecule has 82 valence electrons. The van der Waals surface area contributed by atoms with Gasteiger partial charge in [-0.2, -0.15) is 0 Å². The molecule has 0 aliphatic carbocycles. The number of aliphatic hydroxyl groups excluding tert-OH is 2. The molecule has 2 unspecified atom stereocenters. The van der Waals surface area contributed by atoms with Gasteiger partial charge < -0.3 is 30.0 Å². The summed E-state index contributed by atoms with van der Waals surface area (Å²) in [4.78, 5) is 20.2. The zero-order valence-electron chi connectivity index (χ0n) is 9.67. The van der Waals surface area contributed by atoms with Crippen molar-refractivity contribution in [2.24, 2.45) is 5.92 Å². The molecule has 0 aromatic carbocycles. The third kappa shape index (κ3) is 10.0. The Hall–Kier alpha value is 0.860. The standard InChI is InChI=1S/C8H14O6.2Na/c1-4(2-5(9)7(11)12)3-6(10)8(13)14;;/h4-6,9-10H,2-3H2,1H3,(H,11,12)(H,13,14);;/q;2*+1/p-2. The van der Waals surface area contributed by atoms with Gasteiger partial charge in [0, 0.05) is 0 Å². The molecule has 0 fully saturated rings. The number of rotatable bonds is 6. The first-order valence-corrected chi connectivity index (χ1v) is 4.12. The molecule has 0 bridgehead atoms. The van der Waals surface area contributed by atoms with E-state index >= 15 is 0 Å². The minimum absolute atomic E-state index is 0. The fourth-order valence-corrected chi connectivity index (χ4v) is 1.05. The second kappa shape index (κ2) is 11.0. The van der Waals surface area contributed by atoms with Crippen molar-refractivity contribution in [1.29, 1.82) is 0 Å². The van der Waals surface area contributed by atoms with Crippen LogP contribution in [0, 0.1) is 5.92 Å². The van der Waals surface area contributed by atoms with E-state index in [4.69, 9.17) is 10.2 Å². The van der Waals surface area contributed by atoms with Gasteiger partial charge in [-0.15, -0.1) is 0 Å². The van der Waals surface area contributed by atoms with Crippen molar-refractivity contribution in [2.45, 2.75) is 32.0 Å². The SMILES string of the molecule is CC(CC(O)C(=O)[O-])CC(O)C(=O)[O-].[Na+].[Na+]. The molecule has 0 aromatic rings. The summed E-state index contributed by atoms with van der Waals surface area (Å²) in [5.74, 6) is -3.67. The summed E-state index contributed by atoms with van der Waals surface area (Å²) in [6.07, 6.45) is -3.60. The predicted molar refractivity (Wildman–Crippen MR) is 40.4 cm³/mol. The van der Waals surface area contributed by atoms with Crippen LogP contribution in [0.5, 0.6) is 0 Å². The Balaban J connectivity index is -0.000000845. The van der Waals surface area contributed by atoms with Crippen LogP contribution in [0.25, 0.3) is 0 Å². The molecule has 0 rings (SSSR count). The van der Waals surface area contributed by atoms with Crippen LogP contribution < -0.4 is 69.3 Å². The van der Waals surface area contributed by atoms with Gasteiger partial charge in [0.1, 0.15) is 0 Å². The monoisotopic (exact) mass is 250 g/mol. The van der Waals surface area contributed by atoms with Crippen LogP contribution in [0.3, 0.4) is 0 Å². The van der Waals surface area contributed by atoms with Crippen molar-refractivity contribution in [3.05, 3.63) is 0 Å². The minimum atomic E-state index is -1.64. The van der Waals surface area contributed by atoms with E-state index in [1.54, 1.807) is 0 Å². The van der Waals surface area contributed by atoms with Gasteiger partial charge in [-0.3, -0.25) is 0 Å². The van der Waals surface area contributed by atoms with Crippen LogP contribution >= 0.6 is 0 Å². The van der Waals surface area contributed by atoms with E-state index in [0.29, 0.717) is 0 Å². The fraction of sp³-hybridized carbons (Fsp3) is 0.750. The molecule has 16 heavy (non-hydrogen) atoms. The molecule has 0 heterocycles. The molecule has 2 N–H and O–H groups in total. The summed E-state index contributed by atoms with van der Waals surface area (Å²) in [7, 11) is 0. The molecular formula is C8H12Na2O6. The Morgan fingerprint density at radius 1 is 1.00 bits per heavy atom. The number of aliphatic carboxylic acids is 2. The van der Waals surface area contributed by atoms with Gasteiger partial charge in [-0.1, -0.05) is 6.92 Å². The van der Waals surface area contributed by atoms with Gasteiger partial charge in [0.05, 0.1) is 24.1 Å². The van der Waals surface area contributed by atoms with Gasteiger partial charge in [0.25, 0.3) is 0 Å². The average Bonchev–Trinajstić information content (AvgIpc) is 2.03. The summed E-state index contributed by atoms with van der Waals surface area (Å²) in [5, 5.41) is 37.9. The van der Waals surface area contributed by atoms with Crippen LogP contribution in [0.1, 0.15) is 19.8 Å². The number of aliphatic hydroxyl groups is 2. The van der Waals surface area contributed by atoms with Gasteiger partial charge in [-0.25, -0.2) is 0 Å². The number of carboxylic acid groups (broad SMARTS) is 2. The normalized spacial score (nSPS) is 14.9. The minimum Gasteiger partial charge on any atom is -0.547 e. The van der Waals surface area contributed by atoms with Crippen molar-refractivity contribution in [2.75, 3.05) is 0 Å². The Kier molecular flexibility index (Phi) is 15.1. The van der Waals surface area contributed by atoms with E-state index in [0.717, 1.165) is 0 Å². The van der Waals surface area contributed by atoms with E-state index in [-0.39, 0.29) is 72.0 Å². The zero-order chi connectivity index (χ0) is 11.3. The van der Waals surface area contributed by atoms with Crippen LogP contribution in [-0.2, 0) is 9.59 Å². The number of hydrogen-bond donors (Lipinski definition) is 2. The Morgan fingerprint density at radius 3 is 1.44 bits per heavy atom. The number of carboxylic acids is 2. The smallest absolute Gasteiger partial charge is 0.547 e. The molecule has 8 heteroatoms. The van der Waals surface area contributed by atoms with Crippen molar-refractivity contribution in [3.8, 4) is 0 Å². The first-order valence-electron chi connectivity index (χ1n) is 4.12. The Morgan fingerprint density at radius 2 is 1.25 bits per heavy atom. The van der Waals surface area contributed by atoms with Crippen molar-refractivity contribution >= 4 is 11.9 Å². The van der Waals surface area contributed by atoms with E-state index in [2.05, 4.69) is 0 Å². The predicted octanol–water partition coefficient (Wildman–Crippen LogP) is -9.37. The van der Waals surface area contributed by atoms with Crippen LogP contribution in [0.15, 0.2) is 0 Å². The van der Waals surface area contributed by atoms with Crippen molar-refractivity contribution < 1.29 is 89.1 Å². The molecule has 2 atom stereocenters.